The molecule has 2 atom stereocenters. The topological polar surface area (TPSA) is 54.7 Å². The first-order valence-corrected chi connectivity index (χ1v) is 7.98. The van der Waals surface area contributed by atoms with Gasteiger partial charge in [-0.25, -0.2) is 0 Å². The van der Waals surface area contributed by atoms with Gasteiger partial charge in [-0.15, -0.1) is 9.24 Å². The average molecular weight is 330 g/mol. The molecule has 3 aromatic rings. The largest absolute Gasteiger partial charge is 0.330 e. The molecule has 22 heavy (non-hydrogen) atoms. The number of nitrogens with two attached hydrogens (primary N) is 1. The number of rotatable bonds is 4. The molecule has 2 unspecified atom stereocenters. The molecule has 0 bridgehead atoms. The molecule has 112 valence electrons. The Morgan fingerprint density at radius 2 is 1.82 bits per heavy atom. The third kappa shape index (κ3) is 3.07. The summed E-state index contributed by atoms with van der Waals surface area (Å²) in [4.78, 5) is 0. The molecule has 0 saturated carbocycles. The van der Waals surface area contributed by atoms with Crippen molar-refractivity contribution >= 4 is 26.1 Å². The average Bonchev–Trinajstić information content (AvgIpc) is 3.07. The van der Waals surface area contributed by atoms with E-state index in [0.717, 1.165) is 21.5 Å². The fourth-order valence-corrected chi connectivity index (χ4v) is 2.97. The Morgan fingerprint density at radius 1 is 1.09 bits per heavy atom. The molecule has 1 heterocycles. The minimum atomic E-state index is 0.162. The zero-order chi connectivity index (χ0) is 15.5. The second-order valence-corrected chi connectivity index (χ2v) is 6.21. The molecule has 3 rings (SSSR count). The molecule has 0 amide bonds. The highest BCUT2D eigenvalue weighted by atomic mass is 35.5. The van der Waals surface area contributed by atoms with Gasteiger partial charge < -0.3 is 5.73 Å². The van der Waals surface area contributed by atoms with E-state index in [-0.39, 0.29) is 5.92 Å². The molecule has 0 aliphatic heterocycles. The maximum absolute atomic E-state index is 6.09. The molecule has 1 aromatic heterocycles. The Labute approximate surface area is 137 Å². The summed E-state index contributed by atoms with van der Waals surface area (Å²) in [6.07, 6.45) is 3.70. The highest BCUT2D eigenvalue weighted by Gasteiger charge is 2.13. The molecule has 2 aromatic carbocycles. The lowest BCUT2D eigenvalue weighted by molar-refractivity contribution is 0.820. The number of aromatic amines is 1. The molecule has 3 nitrogen and oxygen atoms in total. The predicted octanol–water partition coefficient (Wildman–Crippen LogP) is 3.32. The second kappa shape index (κ2) is 6.62. The highest BCUT2D eigenvalue weighted by Crippen LogP contribution is 2.27. The fraction of sp³-hybridized carbons (Fsp3) is 0.118. The predicted molar refractivity (Wildman–Crippen MR) is 95.7 cm³/mol. The minimum absolute atomic E-state index is 0.162. The number of H-pyrrole nitrogens is 1. The van der Waals surface area contributed by atoms with Crippen LogP contribution in [-0.2, 0) is 0 Å². The van der Waals surface area contributed by atoms with Gasteiger partial charge in [-0.05, 0) is 34.1 Å². The summed E-state index contributed by atoms with van der Waals surface area (Å²) >= 11 is 6.09. The van der Waals surface area contributed by atoms with Crippen LogP contribution in [0.2, 0.25) is 5.02 Å². The number of benzene rings is 2. The summed E-state index contributed by atoms with van der Waals surface area (Å²) in [5.74, 6) is 0.162. The number of aromatic nitrogens is 2. The fourth-order valence-electron chi connectivity index (χ4n) is 2.56. The zero-order valence-electron chi connectivity index (χ0n) is 12.0. The van der Waals surface area contributed by atoms with Crippen LogP contribution in [0.25, 0.3) is 11.1 Å². The molecule has 0 radical (unpaired) electrons. The molecule has 0 fully saturated rings. The SMILES string of the molecule is NCC(c1ccc(-c2cn[nH]c2)cc1)c1ccc(Cl)c(P)c1. The van der Waals surface area contributed by atoms with Crippen molar-refractivity contribution in [1.82, 2.24) is 10.2 Å². The quantitative estimate of drug-likeness (QED) is 0.721. The Hall–Kier alpha value is -1.67. The van der Waals surface area contributed by atoms with Crippen LogP contribution in [0.15, 0.2) is 54.9 Å². The van der Waals surface area contributed by atoms with Crippen molar-refractivity contribution in [2.75, 3.05) is 6.54 Å². The highest BCUT2D eigenvalue weighted by molar-refractivity contribution is 7.28. The van der Waals surface area contributed by atoms with E-state index >= 15 is 0 Å². The van der Waals surface area contributed by atoms with Gasteiger partial charge in [-0.2, -0.15) is 5.10 Å². The van der Waals surface area contributed by atoms with Crippen LogP contribution in [0.5, 0.6) is 0 Å². The molecule has 0 aliphatic carbocycles. The van der Waals surface area contributed by atoms with E-state index in [2.05, 4.69) is 49.8 Å². The Balaban J connectivity index is 1.91. The van der Waals surface area contributed by atoms with Crippen molar-refractivity contribution < 1.29 is 0 Å². The smallest absolute Gasteiger partial charge is 0.0565 e. The van der Waals surface area contributed by atoms with Gasteiger partial charge in [-0.3, -0.25) is 5.10 Å². The Bertz CT molecular complexity index is 754. The van der Waals surface area contributed by atoms with E-state index in [9.17, 15) is 0 Å². The van der Waals surface area contributed by atoms with Crippen LogP contribution in [0.1, 0.15) is 17.0 Å². The van der Waals surface area contributed by atoms with Gasteiger partial charge >= 0.3 is 0 Å². The summed E-state index contributed by atoms with van der Waals surface area (Å²) < 4.78 is 0. The van der Waals surface area contributed by atoms with E-state index in [4.69, 9.17) is 17.3 Å². The first-order chi connectivity index (χ1) is 10.7. The first-order valence-electron chi connectivity index (χ1n) is 7.03. The summed E-state index contributed by atoms with van der Waals surface area (Å²) in [5.41, 5.74) is 10.6. The third-order valence-electron chi connectivity index (χ3n) is 3.80. The second-order valence-electron chi connectivity index (χ2n) is 5.18. The van der Waals surface area contributed by atoms with Crippen molar-refractivity contribution in [3.63, 3.8) is 0 Å². The number of halogens is 1. The van der Waals surface area contributed by atoms with E-state index in [1.165, 1.54) is 11.1 Å². The molecule has 0 aliphatic rings. The lowest BCUT2D eigenvalue weighted by Crippen LogP contribution is -2.15. The first kappa shape index (κ1) is 15.2. The van der Waals surface area contributed by atoms with Crippen molar-refractivity contribution in [2.45, 2.75) is 5.92 Å². The normalized spacial score (nSPS) is 12.3. The van der Waals surface area contributed by atoms with Crippen LogP contribution >= 0.6 is 20.8 Å². The molecule has 5 heteroatoms. The Morgan fingerprint density at radius 3 is 2.41 bits per heavy atom. The van der Waals surface area contributed by atoms with E-state index in [1.807, 2.05) is 24.5 Å². The van der Waals surface area contributed by atoms with Gasteiger partial charge in [0.15, 0.2) is 0 Å². The molecule has 3 N–H and O–H groups in total. The number of hydrogen-bond acceptors (Lipinski definition) is 2. The number of nitrogens with zero attached hydrogens (tertiary/aromatic N) is 1. The zero-order valence-corrected chi connectivity index (χ0v) is 13.9. The van der Waals surface area contributed by atoms with Crippen molar-refractivity contribution in [3.8, 4) is 11.1 Å². The number of nitrogens with one attached hydrogen (secondary N) is 1. The standard InChI is InChI=1S/C17H17ClN3P/c18-16-6-5-13(7-17(16)22)15(8-19)12-3-1-11(2-4-12)14-9-20-21-10-14/h1-7,9-10,15H,8,19,22H2,(H,20,21). The van der Waals surface area contributed by atoms with Crippen LogP contribution in [0, 0.1) is 0 Å². The van der Waals surface area contributed by atoms with E-state index in [0.29, 0.717) is 6.54 Å². The van der Waals surface area contributed by atoms with Gasteiger partial charge in [0.2, 0.25) is 0 Å². The van der Waals surface area contributed by atoms with Gasteiger partial charge in [-0.1, -0.05) is 41.9 Å². The summed E-state index contributed by atoms with van der Waals surface area (Å²) in [7, 11) is 2.66. The van der Waals surface area contributed by atoms with Crippen LogP contribution in [-0.4, -0.2) is 16.7 Å². The summed E-state index contributed by atoms with van der Waals surface area (Å²) in [6.45, 7) is 0.552. The van der Waals surface area contributed by atoms with Gasteiger partial charge in [0, 0.05) is 29.2 Å². The van der Waals surface area contributed by atoms with Gasteiger partial charge in [0.25, 0.3) is 0 Å². The van der Waals surface area contributed by atoms with Crippen LogP contribution in [0.3, 0.4) is 0 Å². The van der Waals surface area contributed by atoms with Crippen molar-refractivity contribution in [2.24, 2.45) is 5.73 Å². The Kier molecular flexibility index (Phi) is 4.58. The third-order valence-corrected chi connectivity index (χ3v) is 4.81. The summed E-state index contributed by atoms with van der Waals surface area (Å²) in [6, 6.07) is 14.5. The molecule has 0 saturated heterocycles. The van der Waals surface area contributed by atoms with Gasteiger partial charge in [0.1, 0.15) is 0 Å². The van der Waals surface area contributed by atoms with E-state index in [1.54, 1.807) is 0 Å². The van der Waals surface area contributed by atoms with Gasteiger partial charge in [0.05, 0.1) is 6.20 Å². The number of hydrogen-bond donors (Lipinski definition) is 2. The minimum Gasteiger partial charge on any atom is -0.330 e. The maximum atomic E-state index is 6.09. The molecular weight excluding hydrogens is 313 g/mol. The molecule has 0 spiro atoms. The van der Waals surface area contributed by atoms with Crippen molar-refractivity contribution in [3.05, 3.63) is 71.0 Å². The molecular formula is C17H17ClN3P. The lowest BCUT2D eigenvalue weighted by atomic mass is 9.90. The lowest BCUT2D eigenvalue weighted by Gasteiger charge is -2.17. The van der Waals surface area contributed by atoms with Crippen LogP contribution < -0.4 is 11.0 Å². The monoisotopic (exact) mass is 329 g/mol. The summed E-state index contributed by atoms with van der Waals surface area (Å²) in [5, 5.41) is 8.55. The van der Waals surface area contributed by atoms with E-state index < -0.39 is 0 Å². The van der Waals surface area contributed by atoms with Crippen LogP contribution in [0.4, 0.5) is 0 Å². The van der Waals surface area contributed by atoms with Crippen molar-refractivity contribution in [1.29, 1.82) is 0 Å². The maximum Gasteiger partial charge on any atom is 0.0565 e.